The van der Waals surface area contributed by atoms with Gasteiger partial charge < -0.3 is 0 Å². The van der Waals surface area contributed by atoms with Crippen LogP contribution in [0.3, 0.4) is 0 Å². The van der Waals surface area contributed by atoms with Crippen LogP contribution in [0.15, 0.2) is 35.1 Å². The summed E-state index contributed by atoms with van der Waals surface area (Å²) in [5.41, 5.74) is 0.586. The maximum atomic E-state index is 12.8. The fourth-order valence-corrected chi connectivity index (χ4v) is 1.79. The van der Waals surface area contributed by atoms with E-state index in [2.05, 4.69) is 10.2 Å². The lowest BCUT2D eigenvalue weighted by molar-refractivity contribution is 0.131. The molecular formula is C13H13F2N3O. The molecular weight excluding hydrogens is 252 g/mol. The Morgan fingerprint density at radius 1 is 1.21 bits per heavy atom. The summed E-state index contributed by atoms with van der Waals surface area (Å²) in [5.74, 6) is -0.577. The Balaban J connectivity index is 2.29. The van der Waals surface area contributed by atoms with E-state index in [1.807, 2.05) is 30.3 Å². The summed E-state index contributed by atoms with van der Waals surface area (Å²) < 4.78 is 26.6. The monoisotopic (exact) mass is 265 g/mol. The van der Waals surface area contributed by atoms with E-state index in [0.29, 0.717) is 6.42 Å². The van der Waals surface area contributed by atoms with E-state index in [1.165, 1.54) is 6.92 Å². The first kappa shape index (κ1) is 13.3. The zero-order valence-corrected chi connectivity index (χ0v) is 10.4. The Hall–Kier alpha value is -2.11. The highest BCUT2D eigenvalue weighted by atomic mass is 19.3. The standard InChI is InChI=1S/C13H13F2N3O/c1-9-13(19)18(12(11(14)15)17-16-9)8-7-10-5-3-2-4-6-10/h2-6,11H,7-8H2,1H3. The van der Waals surface area contributed by atoms with Gasteiger partial charge in [-0.3, -0.25) is 9.36 Å². The fourth-order valence-electron chi connectivity index (χ4n) is 1.79. The second-order valence-corrected chi connectivity index (χ2v) is 4.14. The molecule has 2 rings (SSSR count). The van der Waals surface area contributed by atoms with Gasteiger partial charge in [-0.2, -0.15) is 0 Å². The smallest absolute Gasteiger partial charge is 0.288 e. The lowest BCUT2D eigenvalue weighted by Crippen LogP contribution is -2.29. The van der Waals surface area contributed by atoms with Crippen LogP contribution in [0.4, 0.5) is 8.78 Å². The van der Waals surface area contributed by atoms with Crippen LogP contribution in [-0.4, -0.2) is 14.8 Å². The van der Waals surface area contributed by atoms with E-state index >= 15 is 0 Å². The van der Waals surface area contributed by atoms with Gasteiger partial charge in [0.2, 0.25) is 5.82 Å². The molecule has 0 aliphatic heterocycles. The van der Waals surface area contributed by atoms with Gasteiger partial charge in [0.25, 0.3) is 12.0 Å². The Labute approximate surface area is 108 Å². The van der Waals surface area contributed by atoms with E-state index in [9.17, 15) is 13.6 Å². The van der Waals surface area contributed by atoms with Gasteiger partial charge in [-0.1, -0.05) is 30.3 Å². The molecule has 0 atom stereocenters. The normalized spacial score (nSPS) is 10.9. The second-order valence-electron chi connectivity index (χ2n) is 4.14. The van der Waals surface area contributed by atoms with Crippen molar-refractivity contribution >= 4 is 0 Å². The number of nitrogens with zero attached hydrogens (tertiary/aromatic N) is 3. The lowest BCUT2D eigenvalue weighted by Gasteiger charge is -2.11. The molecule has 0 aliphatic carbocycles. The molecule has 19 heavy (non-hydrogen) atoms. The van der Waals surface area contributed by atoms with Crippen LogP contribution in [0.1, 0.15) is 23.5 Å². The number of aromatic nitrogens is 3. The maximum Gasteiger partial charge on any atom is 0.297 e. The van der Waals surface area contributed by atoms with Gasteiger partial charge >= 0.3 is 0 Å². The van der Waals surface area contributed by atoms with Crippen molar-refractivity contribution in [1.29, 1.82) is 0 Å². The molecule has 1 heterocycles. The van der Waals surface area contributed by atoms with E-state index in [1.54, 1.807) is 0 Å². The van der Waals surface area contributed by atoms with Gasteiger partial charge in [0.05, 0.1) is 0 Å². The molecule has 0 saturated carbocycles. The highest BCUT2D eigenvalue weighted by Crippen LogP contribution is 2.14. The molecule has 0 bridgehead atoms. The SMILES string of the molecule is Cc1nnc(C(F)F)n(CCc2ccccc2)c1=O. The Kier molecular flexibility index (Phi) is 3.99. The minimum Gasteiger partial charge on any atom is -0.288 e. The second kappa shape index (κ2) is 5.69. The predicted molar refractivity (Wildman–Crippen MR) is 66.1 cm³/mol. The van der Waals surface area contributed by atoms with Crippen LogP contribution in [0.2, 0.25) is 0 Å². The minimum atomic E-state index is -2.81. The minimum absolute atomic E-state index is 0.123. The molecule has 1 aromatic carbocycles. The Morgan fingerprint density at radius 2 is 1.89 bits per heavy atom. The molecule has 0 radical (unpaired) electrons. The predicted octanol–water partition coefficient (Wildman–Crippen LogP) is 2.13. The summed E-state index contributed by atoms with van der Waals surface area (Å²) in [6, 6.07) is 9.37. The van der Waals surface area contributed by atoms with Gasteiger partial charge in [-0.05, 0) is 18.9 Å². The largest absolute Gasteiger partial charge is 0.297 e. The number of aryl methyl sites for hydroxylation is 2. The van der Waals surface area contributed by atoms with Crippen molar-refractivity contribution in [3.05, 3.63) is 57.8 Å². The van der Waals surface area contributed by atoms with Crippen LogP contribution in [0.25, 0.3) is 0 Å². The summed E-state index contributed by atoms with van der Waals surface area (Å²) >= 11 is 0. The number of rotatable bonds is 4. The molecule has 6 heteroatoms. The highest BCUT2D eigenvalue weighted by Gasteiger charge is 2.17. The zero-order chi connectivity index (χ0) is 13.8. The molecule has 100 valence electrons. The van der Waals surface area contributed by atoms with Gasteiger partial charge in [-0.15, -0.1) is 10.2 Å². The first-order valence-electron chi connectivity index (χ1n) is 5.85. The number of hydrogen-bond donors (Lipinski definition) is 0. The zero-order valence-electron chi connectivity index (χ0n) is 10.4. The van der Waals surface area contributed by atoms with Gasteiger partial charge in [0, 0.05) is 6.54 Å². The van der Waals surface area contributed by atoms with E-state index < -0.39 is 17.8 Å². The van der Waals surface area contributed by atoms with Crippen LogP contribution in [0, 0.1) is 6.92 Å². The van der Waals surface area contributed by atoms with Crippen molar-refractivity contribution in [2.45, 2.75) is 26.3 Å². The molecule has 0 aliphatic rings. The average molecular weight is 265 g/mol. The topological polar surface area (TPSA) is 47.8 Å². The summed E-state index contributed by atoms with van der Waals surface area (Å²) in [6.45, 7) is 1.63. The van der Waals surface area contributed by atoms with Crippen molar-refractivity contribution < 1.29 is 8.78 Å². The summed E-state index contributed by atoms with van der Waals surface area (Å²) in [4.78, 5) is 11.8. The van der Waals surface area contributed by atoms with Crippen molar-refractivity contribution in [3.8, 4) is 0 Å². The summed E-state index contributed by atoms with van der Waals surface area (Å²) in [6.07, 6.45) is -2.32. The summed E-state index contributed by atoms with van der Waals surface area (Å²) in [5, 5.41) is 6.87. The molecule has 0 unspecified atom stereocenters. The highest BCUT2D eigenvalue weighted by molar-refractivity contribution is 5.14. The molecule has 4 nitrogen and oxygen atoms in total. The van der Waals surface area contributed by atoms with E-state index in [4.69, 9.17) is 0 Å². The number of hydrogen-bond acceptors (Lipinski definition) is 3. The van der Waals surface area contributed by atoms with Crippen LogP contribution < -0.4 is 5.56 Å². The molecule has 0 amide bonds. The van der Waals surface area contributed by atoms with Crippen LogP contribution in [0.5, 0.6) is 0 Å². The average Bonchev–Trinajstić information content (AvgIpc) is 2.41. The quantitative estimate of drug-likeness (QED) is 0.850. The molecule has 0 N–H and O–H groups in total. The number of benzene rings is 1. The summed E-state index contributed by atoms with van der Waals surface area (Å²) in [7, 11) is 0. The molecule has 2 aromatic rings. The number of alkyl halides is 2. The van der Waals surface area contributed by atoms with Gasteiger partial charge in [-0.25, -0.2) is 8.78 Å². The Morgan fingerprint density at radius 3 is 2.53 bits per heavy atom. The third kappa shape index (κ3) is 3.01. The van der Waals surface area contributed by atoms with E-state index in [0.717, 1.165) is 10.1 Å². The lowest BCUT2D eigenvalue weighted by atomic mass is 10.1. The number of halogens is 2. The molecule has 1 aromatic heterocycles. The third-order valence-corrected chi connectivity index (χ3v) is 2.80. The van der Waals surface area contributed by atoms with Crippen molar-refractivity contribution in [1.82, 2.24) is 14.8 Å². The van der Waals surface area contributed by atoms with Crippen molar-refractivity contribution in [3.63, 3.8) is 0 Å². The molecule has 0 spiro atoms. The molecule has 0 saturated heterocycles. The third-order valence-electron chi connectivity index (χ3n) is 2.80. The van der Waals surface area contributed by atoms with Crippen LogP contribution in [-0.2, 0) is 13.0 Å². The Bertz CT molecular complexity index is 611. The van der Waals surface area contributed by atoms with Crippen molar-refractivity contribution in [2.24, 2.45) is 0 Å². The first-order chi connectivity index (χ1) is 9.09. The van der Waals surface area contributed by atoms with Crippen molar-refractivity contribution in [2.75, 3.05) is 0 Å². The fraction of sp³-hybridized carbons (Fsp3) is 0.308. The van der Waals surface area contributed by atoms with E-state index in [-0.39, 0.29) is 12.2 Å². The molecule has 0 fully saturated rings. The maximum absolute atomic E-state index is 12.8. The van der Waals surface area contributed by atoms with Gasteiger partial charge in [0.1, 0.15) is 5.69 Å². The van der Waals surface area contributed by atoms with Gasteiger partial charge in [0.15, 0.2) is 0 Å². The van der Waals surface area contributed by atoms with Crippen LogP contribution >= 0.6 is 0 Å². The first-order valence-corrected chi connectivity index (χ1v) is 5.85.